The van der Waals surface area contributed by atoms with Gasteiger partial charge in [0.2, 0.25) is 11.8 Å². The van der Waals surface area contributed by atoms with Gasteiger partial charge in [0.05, 0.1) is 5.69 Å². The minimum atomic E-state index is -4.14. The number of hydrogen-bond donors (Lipinski definition) is 1. The number of benzene rings is 2. The van der Waals surface area contributed by atoms with E-state index in [1.807, 2.05) is 13.8 Å². The lowest BCUT2D eigenvalue weighted by Crippen LogP contribution is -2.53. The summed E-state index contributed by atoms with van der Waals surface area (Å²) in [5.41, 5.74) is 0.642. The summed E-state index contributed by atoms with van der Waals surface area (Å²) in [6.07, 6.45) is 0.276. The Balaban J connectivity index is 2.51. The van der Waals surface area contributed by atoms with E-state index in [-0.39, 0.29) is 30.5 Å². The third-order valence-electron chi connectivity index (χ3n) is 5.56. The first-order valence-electron chi connectivity index (χ1n) is 11.7. The summed E-state index contributed by atoms with van der Waals surface area (Å²) in [4.78, 5) is 28.2. The van der Waals surface area contributed by atoms with Crippen LogP contribution in [0.2, 0.25) is 10.0 Å². The minimum absolute atomic E-state index is 0.0539. The monoisotopic (exact) mass is 574 g/mol. The van der Waals surface area contributed by atoms with E-state index >= 15 is 0 Å². The highest BCUT2D eigenvalue weighted by Gasteiger charge is 2.34. The van der Waals surface area contributed by atoms with Crippen molar-refractivity contribution >= 4 is 50.9 Å². The van der Waals surface area contributed by atoms with Crippen LogP contribution in [0.4, 0.5) is 10.1 Å². The van der Waals surface area contributed by atoms with E-state index in [2.05, 4.69) is 5.32 Å². The molecule has 0 fully saturated rings. The highest BCUT2D eigenvalue weighted by Crippen LogP contribution is 2.25. The number of rotatable bonds is 12. The van der Waals surface area contributed by atoms with Crippen LogP contribution in [0.3, 0.4) is 0 Å². The lowest BCUT2D eigenvalue weighted by molar-refractivity contribution is -0.140. The van der Waals surface area contributed by atoms with Gasteiger partial charge >= 0.3 is 10.2 Å². The van der Waals surface area contributed by atoms with Gasteiger partial charge in [-0.15, -0.1) is 0 Å². The Hall–Kier alpha value is -2.40. The van der Waals surface area contributed by atoms with Crippen molar-refractivity contribution in [1.29, 1.82) is 0 Å². The maximum absolute atomic E-state index is 13.8. The summed E-state index contributed by atoms with van der Waals surface area (Å²) in [5, 5.41) is 3.56. The Morgan fingerprint density at radius 3 is 2.19 bits per heavy atom. The van der Waals surface area contributed by atoms with Gasteiger partial charge in [0.15, 0.2) is 0 Å². The molecule has 2 rings (SSSR count). The van der Waals surface area contributed by atoms with Gasteiger partial charge in [-0.25, -0.2) is 8.70 Å². The molecule has 0 aliphatic rings. The average molecular weight is 576 g/mol. The zero-order valence-electron chi connectivity index (χ0n) is 21.5. The largest absolute Gasteiger partial charge is 0.354 e. The number of nitrogens with zero attached hydrogens (tertiary/aromatic N) is 3. The molecular formula is C25H33Cl2FN4O4S. The molecule has 0 saturated heterocycles. The molecule has 12 heteroatoms. The standard InChI is InChI=1S/C25H33Cl2FN4O4S/c1-6-23(25(34)29-14-17(2)3)31(15-18-7-8-19(26)13-22(18)27)24(33)16-32(37(35,36)30(4)5)21-11-9-20(28)10-12-21/h7-13,17,23H,6,14-16H2,1-5H3,(H,29,34). The summed E-state index contributed by atoms with van der Waals surface area (Å²) in [7, 11) is -1.48. The predicted molar refractivity (Wildman–Crippen MR) is 145 cm³/mol. The molecule has 0 heterocycles. The number of anilines is 1. The second kappa shape index (κ2) is 13.4. The number of carbonyl (C=O) groups is 2. The predicted octanol–water partition coefficient (Wildman–Crippen LogP) is 4.32. The fourth-order valence-corrected chi connectivity index (χ4v) is 5.02. The van der Waals surface area contributed by atoms with Gasteiger partial charge in [-0.3, -0.25) is 9.59 Å². The molecule has 37 heavy (non-hydrogen) atoms. The second-order valence-corrected chi connectivity index (χ2v) is 12.0. The zero-order valence-corrected chi connectivity index (χ0v) is 23.9. The Morgan fingerprint density at radius 1 is 1.05 bits per heavy atom. The van der Waals surface area contributed by atoms with Crippen molar-refractivity contribution in [3.05, 3.63) is 63.9 Å². The molecule has 1 unspecified atom stereocenters. The Morgan fingerprint density at radius 2 is 1.68 bits per heavy atom. The molecule has 8 nitrogen and oxygen atoms in total. The first-order chi connectivity index (χ1) is 17.3. The van der Waals surface area contributed by atoms with E-state index < -0.39 is 34.5 Å². The fraction of sp³-hybridized carbons (Fsp3) is 0.440. The van der Waals surface area contributed by atoms with Crippen LogP contribution in [0, 0.1) is 11.7 Å². The molecule has 0 aromatic heterocycles. The van der Waals surface area contributed by atoms with Crippen LogP contribution in [0.5, 0.6) is 0 Å². The van der Waals surface area contributed by atoms with E-state index in [4.69, 9.17) is 23.2 Å². The molecule has 0 aliphatic heterocycles. The molecule has 204 valence electrons. The van der Waals surface area contributed by atoms with Gasteiger partial charge in [-0.2, -0.15) is 12.7 Å². The summed E-state index contributed by atoms with van der Waals surface area (Å²) >= 11 is 12.4. The van der Waals surface area contributed by atoms with E-state index in [0.717, 1.165) is 20.7 Å². The maximum atomic E-state index is 13.8. The molecule has 0 aliphatic carbocycles. The van der Waals surface area contributed by atoms with Crippen molar-refractivity contribution in [2.45, 2.75) is 39.8 Å². The molecular weight excluding hydrogens is 542 g/mol. The number of nitrogens with one attached hydrogen (secondary N) is 1. The average Bonchev–Trinajstić information content (AvgIpc) is 2.82. The SMILES string of the molecule is CCC(C(=O)NCC(C)C)N(Cc1ccc(Cl)cc1Cl)C(=O)CN(c1ccc(F)cc1)S(=O)(=O)N(C)C. The quantitative estimate of drug-likeness (QED) is 0.408. The molecule has 2 aromatic rings. The van der Waals surface area contributed by atoms with E-state index in [9.17, 15) is 22.4 Å². The first kappa shape index (κ1) is 30.8. The molecule has 2 aromatic carbocycles. The van der Waals surface area contributed by atoms with Crippen molar-refractivity contribution in [2.75, 3.05) is 31.5 Å². The maximum Gasteiger partial charge on any atom is 0.304 e. The van der Waals surface area contributed by atoms with Crippen LogP contribution < -0.4 is 9.62 Å². The second-order valence-electron chi connectivity index (χ2n) is 9.09. The third-order valence-corrected chi connectivity index (χ3v) is 7.97. The Kier molecular flexibility index (Phi) is 11.2. The molecule has 0 radical (unpaired) electrons. The van der Waals surface area contributed by atoms with Crippen molar-refractivity contribution in [3.8, 4) is 0 Å². The summed E-state index contributed by atoms with van der Waals surface area (Å²) < 4.78 is 41.7. The molecule has 1 atom stereocenters. The van der Waals surface area contributed by atoms with E-state index in [0.29, 0.717) is 22.2 Å². The van der Waals surface area contributed by atoms with Crippen molar-refractivity contribution in [3.63, 3.8) is 0 Å². The highest BCUT2D eigenvalue weighted by atomic mass is 35.5. The zero-order chi connectivity index (χ0) is 27.9. The highest BCUT2D eigenvalue weighted by molar-refractivity contribution is 7.90. The lowest BCUT2D eigenvalue weighted by atomic mass is 10.1. The molecule has 2 amide bonds. The molecule has 1 N–H and O–H groups in total. The van der Waals surface area contributed by atoms with Crippen molar-refractivity contribution < 1.29 is 22.4 Å². The number of halogens is 3. The van der Waals surface area contributed by atoms with Crippen LogP contribution in [0.15, 0.2) is 42.5 Å². The fourth-order valence-electron chi connectivity index (χ4n) is 3.50. The van der Waals surface area contributed by atoms with Gasteiger partial charge in [-0.1, -0.05) is 50.0 Å². The molecule has 0 spiro atoms. The Labute approximate surface area is 228 Å². The number of amides is 2. The van der Waals surface area contributed by atoms with Gasteiger partial charge in [0.1, 0.15) is 18.4 Å². The Bertz CT molecular complexity index is 1190. The van der Waals surface area contributed by atoms with Gasteiger partial charge < -0.3 is 10.2 Å². The van der Waals surface area contributed by atoms with Gasteiger partial charge in [0.25, 0.3) is 0 Å². The summed E-state index contributed by atoms with van der Waals surface area (Å²) in [6, 6.07) is 8.67. The van der Waals surface area contributed by atoms with Crippen molar-refractivity contribution in [2.24, 2.45) is 5.92 Å². The number of hydrogen-bond acceptors (Lipinski definition) is 4. The van der Waals surface area contributed by atoms with Crippen LogP contribution in [-0.2, 0) is 26.3 Å². The topological polar surface area (TPSA) is 90.0 Å². The van der Waals surface area contributed by atoms with Crippen LogP contribution >= 0.6 is 23.2 Å². The van der Waals surface area contributed by atoms with E-state index in [1.54, 1.807) is 19.1 Å². The molecule has 0 saturated carbocycles. The lowest BCUT2D eigenvalue weighted by Gasteiger charge is -2.34. The summed E-state index contributed by atoms with van der Waals surface area (Å²) in [5.74, 6) is -1.36. The van der Waals surface area contributed by atoms with Crippen LogP contribution in [0.25, 0.3) is 0 Å². The van der Waals surface area contributed by atoms with Gasteiger partial charge in [-0.05, 0) is 54.3 Å². The van der Waals surface area contributed by atoms with Crippen LogP contribution in [0.1, 0.15) is 32.8 Å². The van der Waals surface area contributed by atoms with Crippen LogP contribution in [-0.4, -0.2) is 62.7 Å². The summed E-state index contributed by atoms with van der Waals surface area (Å²) in [6.45, 7) is 5.40. The third kappa shape index (κ3) is 8.29. The smallest absolute Gasteiger partial charge is 0.304 e. The van der Waals surface area contributed by atoms with Gasteiger partial charge in [0, 0.05) is 37.2 Å². The minimum Gasteiger partial charge on any atom is -0.354 e. The number of carbonyl (C=O) groups excluding carboxylic acids is 2. The first-order valence-corrected chi connectivity index (χ1v) is 13.9. The molecule has 0 bridgehead atoms. The van der Waals surface area contributed by atoms with Crippen molar-refractivity contribution in [1.82, 2.24) is 14.5 Å². The van der Waals surface area contributed by atoms with E-state index in [1.165, 1.54) is 37.2 Å². The normalized spacial score (nSPS) is 12.5.